The number of nitrogens with zero attached hydrogens (tertiary/aromatic N) is 3. The highest BCUT2D eigenvalue weighted by molar-refractivity contribution is 6.06. The van der Waals surface area contributed by atoms with Gasteiger partial charge in [-0.3, -0.25) is 4.79 Å². The third-order valence-electron chi connectivity index (χ3n) is 4.72. The third-order valence-corrected chi connectivity index (χ3v) is 4.72. The number of nitrogens with one attached hydrogen (secondary N) is 1. The standard InChI is InChI=1S/C23H28N6O3/c1-23(2,3)32-22(31)29(4)12-18(14-7-5-8-15(24)11-14)28-21-17-10-6-9-16(20(25)30)19(17)26-13-27-21/h5-11,13,18H,12,24H2,1-4H3,(H2,25,30)(H,26,27,28). The maximum absolute atomic E-state index is 12.6. The number of rotatable bonds is 6. The fraction of sp³-hybridized carbons (Fsp3) is 0.304. The molecule has 0 radical (unpaired) electrons. The van der Waals surface area contributed by atoms with Gasteiger partial charge in [-0.1, -0.05) is 18.2 Å². The predicted molar refractivity (Wildman–Crippen MR) is 124 cm³/mol. The first kappa shape index (κ1) is 22.8. The van der Waals surface area contributed by atoms with E-state index >= 15 is 0 Å². The summed E-state index contributed by atoms with van der Waals surface area (Å²) >= 11 is 0. The maximum Gasteiger partial charge on any atom is 0.410 e. The van der Waals surface area contributed by atoms with Gasteiger partial charge in [0.2, 0.25) is 0 Å². The first-order valence-corrected chi connectivity index (χ1v) is 10.1. The van der Waals surface area contributed by atoms with Crippen molar-refractivity contribution in [3.8, 4) is 0 Å². The molecule has 168 valence electrons. The smallest absolute Gasteiger partial charge is 0.410 e. The van der Waals surface area contributed by atoms with E-state index in [2.05, 4.69) is 15.3 Å². The van der Waals surface area contributed by atoms with Crippen molar-refractivity contribution >= 4 is 34.4 Å². The second-order valence-electron chi connectivity index (χ2n) is 8.52. The second kappa shape index (κ2) is 9.09. The van der Waals surface area contributed by atoms with E-state index in [9.17, 15) is 9.59 Å². The van der Waals surface area contributed by atoms with Gasteiger partial charge in [-0.25, -0.2) is 14.8 Å². The molecule has 0 bridgehead atoms. The van der Waals surface area contributed by atoms with Crippen molar-refractivity contribution in [3.05, 3.63) is 59.9 Å². The van der Waals surface area contributed by atoms with Crippen LogP contribution in [0.3, 0.4) is 0 Å². The summed E-state index contributed by atoms with van der Waals surface area (Å²) in [4.78, 5) is 34.4. The molecule has 1 heterocycles. The molecule has 0 aliphatic carbocycles. The number of ether oxygens (including phenoxy) is 1. The van der Waals surface area contributed by atoms with Gasteiger partial charge in [0.05, 0.1) is 17.1 Å². The highest BCUT2D eigenvalue weighted by atomic mass is 16.6. The Balaban J connectivity index is 1.97. The molecule has 0 saturated heterocycles. The Hall–Kier alpha value is -3.88. The van der Waals surface area contributed by atoms with Gasteiger partial charge in [0.25, 0.3) is 5.91 Å². The molecule has 5 N–H and O–H groups in total. The van der Waals surface area contributed by atoms with Gasteiger partial charge in [-0.2, -0.15) is 0 Å². The first-order chi connectivity index (χ1) is 15.0. The quantitative estimate of drug-likeness (QED) is 0.504. The minimum absolute atomic E-state index is 0.277. The summed E-state index contributed by atoms with van der Waals surface area (Å²) in [7, 11) is 1.67. The van der Waals surface area contributed by atoms with Crippen LogP contribution in [0.15, 0.2) is 48.8 Å². The van der Waals surface area contributed by atoms with Crippen molar-refractivity contribution in [2.75, 3.05) is 24.6 Å². The van der Waals surface area contributed by atoms with Gasteiger partial charge in [0, 0.05) is 24.7 Å². The van der Waals surface area contributed by atoms with Crippen molar-refractivity contribution < 1.29 is 14.3 Å². The van der Waals surface area contributed by atoms with E-state index in [1.54, 1.807) is 31.3 Å². The van der Waals surface area contributed by atoms with Crippen LogP contribution in [0.4, 0.5) is 16.3 Å². The van der Waals surface area contributed by atoms with Crippen LogP contribution < -0.4 is 16.8 Å². The average Bonchev–Trinajstić information content (AvgIpc) is 2.71. The lowest BCUT2D eigenvalue weighted by molar-refractivity contribution is 0.0292. The fourth-order valence-corrected chi connectivity index (χ4v) is 3.26. The van der Waals surface area contributed by atoms with Crippen molar-refractivity contribution in [3.63, 3.8) is 0 Å². The Bertz CT molecular complexity index is 1140. The Morgan fingerprint density at radius 3 is 2.53 bits per heavy atom. The molecule has 32 heavy (non-hydrogen) atoms. The molecule has 1 aromatic heterocycles. The SMILES string of the molecule is CN(CC(Nc1ncnc2c(C(N)=O)cccc12)c1cccc(N)c1)C(=O)OC(C)(C)C. The van der Waals surface area contributed by atoms with Gasteiger partial charge >= 0.3 is 6.09 Å². The van der Waals surface area contributed by atoms with Gasteiger partial charge < -0.3 is 26.4 Å². The van der Waals surface area contributed by atoms with Crippen LogP contribution in [0.25, 0.3) is 10.9 Å². The molecule has 2 amide bonds. The molecule has 9 nitrogen and oxygen atoms in total. The summed E-state index contributed by atoms with van der Waals surface area (Å²) in [5.74, 6) is -0.0691. The van der Waals surface area contributed by atoms with E-state index < -0.39 is 17.6 Å². The molecular formula is C23H28N6O3. The van der Waals surface area contributed by atoms with Crippen molar-refractivity contribution in [2.45, 2.75) is 32.4 Å². The largest absolute Gasteiger partial charge is 0.444 e. The molecule has 1 unspecified atom stereocenters. The molecule has 0 aliphatic rings. The Kier molecular flexibility index (Phi) is 6.47. The highest BCUT2D eigenvalue weighted by Crippen LogP contribution is 2.27. The lowest BCUT2D eigenvalue weighted by Crippen LogP contribution is -2.38. The van der Waals surface area contributed by atoms with Crippen LogP contribution in [0, 0.1) is 0 Å². The number of carbonyl (C=O) groups excluding carboxylic acids is 2. The van der Waals surface area contributed by atoms with Crippen LogP contribution >= 0.6 is 0 Å². The van der Waals surface area contributed by atoms with Crippen LogP contribution in [-0.4, -0.2) is 46.1 Å². The number of benzene rings is 2. The monoisotopic (exact) mass is 436 g/mol. The normalized spacial score (nSPS) is 12.2. The molecule has 2 aromatic carbocycles. The number of hydrogen-bond donors (Lipinski definition) is 3. The Labute approximate surface area is 186 Å². The minimum atomic E-state index is -0.612. The molecule has 3 aromatic rings. The zero-order valence-corrected chi connectivity index (χ0v) is 18.6. The molecule has 9 heteroatoms. The summed E-state index contributed by atoms with van der Waals surface area (Å²) in [5, 5.41) is 4.01. The van der Waals surface area contributed by atoms with Gasteiger partial charge in [-0.05, 0) is 50.6 Å². The summed E-state index contributed by atoms with van der Waals surface area (Å²) in [6, 6.07) is 12.2. The Morgan fingerprint density at radius 2 is 1.88 bits per heavy atom. The summed E-state index contributed by atoms with van der Waals surface area (Å²) in [6.45, 7) is 5.72. The molecule has 0 saturated carbocycles. The van der Waals surface area contributed by atoms with Crippen LogP contribution in [0.5, 0.6) is 0 Å². The molecular weight excluding hydrogens is 408 g/mol. The molecule has 1 atom stereocenters. The third kappa shape index (κ3) is 5.42. The number of aromatic nitrogens is 2. The molecule has 0 spiro atoms. The molecule has 0 fully saturated rings. The summed E-state index contributed by atoms with van der Waals surface area (Å²) in [6.07, 6.45) is 0.919. The number of fused-ring (bicyclic) bond motifs is 1. The van der Waals surface area contributed by atoms with Crippen molar-refractivity contribution in [2.24, 2.45) is 5.73 Å². The maximum atomic E-state index is 12.6. The fourth-order valence-electron chi connectivity index (χ4n) is 3.26. The van der Waals surface area contributed by atoms with E-state index in [4.69, 9.17) is 16.2 Å². The van der Waals surface area contributed by atoms with Gasteiger partial charge in [-0.15, -0.1) is 0 Å². The van der Waals surface area contributed by atoms with Gasteiger partial charge in [0.1, 0.15) is 17.7 Å². The van der Waals surface area contributed by atoms with E-state index in [1.165, 1.54) is 11.2 Å². The zero-order chi connectivity index (χ0) is 23.5. The number of anilines is 2. The number of amides is 2. The number of nitrogens with two attached hydrogens (primary N) is 2. The first-order valence-electron chi connectivity index (χ1n) is 10.1. The van der Waals surface area contributed by atoms with E-state index in [0.29, 0.717) is 28.0 Å². The van der Waals surface area contributed by atoms with Crippen molar-refractivity contribution in [1.29, 1.82) is 0 Å². The van der Waals surface area contributed by atoms with E-state index in [-0.39, 0.29) is 12.6 Å². The topological polar surface area (TPSA) is 136 Å². The van der Waals surface area contributed by atoms with Crippen LogP contribution in [0.2, 0.25) is 0 Å². The molecule has 0 aliphatic heterocycles. The zero-order valence-electron chi connectivity index (χ0n) is 18.6. The van der Waals surface area contributed by atoms with Crippen molar-refractivity contribution in [1.82, 2.24) is 14.9 Å². The number of nitrogen functional groups attached to an aromatic ring is 1. The second-order valence-corrected chi connectivity index (χ2v) is 8.52. The van der Waals surface area contributed by atoms with E-state index in [0.717, 1.165) is 5.56 Å². The minimum Gasteiger partial charge on any atom is -0.444 e. The number of likely N-dealkylation sites (N-methyl/N-ethyl adjacent to an activating group) is 1. The number of para-hydroxylation sites is 1. The average molecular weight is 437 g/mol. The lowest BCUT2D eigenvalue weighted by Gasteiger charge is -2.29. The van der Waals surface area contributed by atoms with Gasteiger partial charge in [0.15, 0.2) is 0 Å². The number of carbonyl (C=O) groups is 2. The van der Waals surface area contributed by atoms with Crippen LogP contribution in [0.1, 0.15) is 42.7 Å². The summed E-state index contributed by atoms with van der Waals surface area (Å²) < 4.78 is 5.48. The Morgan fingerprint density at radius 1 is 1.16 bits per heavy atom. The van der Waals surface area contributed by atoms with E-state index in [1.807, 2.05) is 39.0 Å². The number of primary amides is 1. The summed E-state index contributed by atoms with van der Waals surface area (Å²) in [5.41, 5.74) is 13.1. The van der Waals surface area contributed by atoms with Crippen LogP contribution in [-0.2, 0) is 4.74 Å². The number of hydrogen-bond acceptors (Lipinski definition) is 7. The lowest BCUT2D eigenvalue weighted by atomic mass is 10.0. The highest BCUT2D eigenvalue weighted by Gasteiger charge is 2.24. The molecule has 3 rings (SSSR count). The predicted octanol–water partition coefficient (Wildman–Crippen LogP) is 3.33.